The first kappa shape index (κ1) is 120. The van der Waals surface area contributed by atoms with E-state index in [0.717, 1.165) is 107 Å². The van der Waals surface area contributed by atoms with E-state index < -0.39 is 59.7 Å². The number of likely N-dealkylation sites (tertiary alicyclic amines) is 2. The van der Waals surface area contributed by atoms with Crippen molar-refractivity contribution < 1.29 is 140 Å². The summed E-state index contributed by atoms with van der Waals surface area (Å²) in [6, 6.07) is 10.0. The number of benzene rings is 1. The van der Waals surface area contributed by atoms with Crippen LogP contribution in [-0.4, -0.2) is 242 Å². The fraction of sp³-hybridized carbons (Fsp3) is 0.338. The molecule has 3 heterocycles. The molecule has 0 aliphatic carbocycles. The Hall–Kier alpha value is -13.3. The van der Waals surface area contributed by atoms with Gasteiger partial charge in [0, 0.05) is 123 Å². The highest BCUT2D eigenvalue weighted by Crippen LogP contribution is 2.11. The molecule has 0 aromatic heterocycles. The SMILES string of the molecule is C=C(C)C(=O)NCCCN(C)C.C=C(C)C(=O)OC.C=C(C)C(=O)OCCN(C)C.C=CC(=O)O.C=CC(=O)OC.C=CN1CCCC1=O.C=CN1CCCCCC1=O.C=CNC=O.C=COC(C)=O.C=Cc1ccccc1.CCOC(=O)/C=C\C(=O)O.COC(=O)/C=C\C(=O)O.O=C(O)/C=C\C(=O)O.O=C1C=CC(=O)O1. The van der Waals surface area contributed by atoms with Crippen molar-refractivity contribution >= 4 is 108 Å². The van der Waals surface area contributed by atoms with Gasteiger partial charge >= 0.3 is 77.6 Å². The van der Waals surface area contributed by atoms with Gasteiger partial charge in [-0.15, -0.1) is 0 Å². The molecule has 624 valence electrons. The number of aliphatic carboxylic acids is 5. The van der Waals surface area contributed by atoms with Gasteiger partial charge in [0.05, 0.1) is 34.2 Å². The molecule has 2 fully saturated rings. The number of carbonyl (C=O) groups is 17. The standard InChI is InChI=1S/C9H18N2O.C8H15NO2.C8H13NO.C8H8.C6H9NO.C6H8O4.C5H6O4.C5H8O2.C4H4O4.C4H2O3.2C4H6O2.C3H5NO.C3H4O2/c1-8(2)9(12)10-6-5-7-11(3)4;1-7(2)8(10)11-6-5-9(3)4;1-2-9-7-5-3-4-6-8(9)10;1-2-8-6-4-3-5-7-8;1-2-7-5-3-4-6(7)8;1-2-10-6(9)4-3-5(7)8;1-9-5(8)3-2-4(6)7;1-4(2)5(6)7-3;5-3(6)1-2-4(7)8;5-3-1-2-4(6)7-3;1-3-4(5)6-2;1-3-6-4(2)5;1-2-4-3-5;1-2-3(4)5/h1,5-7H2,2-4H3,(H,10,12);1,5-6H2,2-4H3;2H,1,3-7H2;2-7H,1H2;2H,1,3-5H2;3-4H,2H2,1H3,(H,7,8);2-3H,1H3,(H,6,7);1H2,2-3H3;1-2H,(H,5,6)(H,7,8);1-2H;2*3H,1H2,2H3;2-3H,1H2,(H,4,5);2H,1H2,(H,4,5)/b;;;;;4-3-;3-2-;;2-1-;;;;;. The summed E-state index contributed by atoms with van der Waals surface area (Å²) in [5.41, 5.74) is 2.62. The smallest absolute Gasteiger partial charge is 0.338 e. The first-order chi connectivity index (χ1) is 52.4. The average Bonchev–Trinajstić information content (AvgIpc) is 1.82. The summed E-state index contributed by atoms with van der Waals surface area (Å²) in [5.74, 6) is -9.27. The van der Waals surface area contributed by atoms with Crippen molar-refractivity contribution in [3.63, 3.8) is 0 Å². The van der Waals surface area contributed by atoms with Crippen LogP contribution in [0.4, 0.5) is 0 Å². The Morgan fingerprint density at radius 2 is 0.964 bits per heavy atom. The van der Waals surface area contributed by atoms with E-state index in [0.29, 0.717) is 60.8 Å². The number of nitrogens with one attached hydrogen (secondary N) is 2. The van der Waals surface area contributed by atoms with Crippen LogP contribution in [-0.2, 0) is 115 Å². The zero-order valence-electron chi connectivity index (χ0n) is 65.9. The molecule has 112 heavy (non-hydrogen) atoms. The van der Waals surface area contributed by atoms with E-state index in [1.54, 1.807) is 49.9 Å². The Morgan fingerprint density at radius 1 is 0.536 bits per heavy atom. The number of nitrogens with zero attached hydrogens (tertiary/aromatic N) is 4. The lowest BCUT2D eigenvalue weighted by atomic mass is 10.2. The summed E-state index contributed by atoms with van der Waals surface area (Å²) >= 11 is 0. The van der Waals surface area contributed by atoms with E-state index in [1.807, 2.05) is 69.5 Å². The number of likely N-dealkylation sites (N-methyl/N-ethyl adjacent to an activating group) is 1. The topological polar surface area (TPSA) is 493 Å². The lowest BCUT2D eigenvalue weighted by molar-refractivity contribution is -0.150. The van der Waals surface area contributed by atoms with Crippen molar-refractivity contribution in [2.24, 2.45) is 0 Å². The highest BCUT2D eigenvalue weighted by Gasteiger charge is 2.16. The third-order valence-electron chi connectivity index (χ3n) is 10.4. The minimum atomic E-state index is -1.26. The summed E-state index contributed by atoms with van der Waals surface area (Å²) in [6.45, 7) is 46.4. The number of esters is 8. The zero-order valence-corrected chi connectivity index (χ0v) is 65.9. The summed E-state index contributed by atoms with van der Waals surface area (Å²) in [5, 5.41) is 44.2. The highest BCUT2D eigenvalue weighted by atomic mass is 16.6. The summed E-state index contributed by atoms with van der Waals surface area (Å²) in [4.78, 5) is 178. The minimum absolute atomic E-state index is 0.0474. The Morgan fingerprint density at radius 3 is 1.21 bits per heavy atom. The maximum absolute atomic E-state index is 11.1. The molecular weight excluding hydrogens is 1470 g/mol. The minimum Gasteiger partial charge on any atom is -0.478 e. The fourth-order valence-electron chi connectivity index (χ4n) is 5.25. The van der Waals surface area contributed by atoms with Crippen molar-refractivity contribution in [3.05, 3.63) is 204 Å². The second-order valence-corrected chi connectivity index (χ2v) is 20.5. The van der Waals surface area contributed by atoms with Gasteiger partial charge in [-0.25, -0.2) is 57.5 Å². The van der Waals surface area contributed by atoms with Crippen molar-refractivity contribution in [1.29, 1.82) is 0 Å². The van der Waals surface area contributed by atoms with Crippen LogP contribution in [0.2, 0.25) is 0 Å². The lowest BCUT2D eigenvalue weighted by Crippen LogP contribution is -2.27. The maximum Gasteiger partial charge on any atom is 0.338 e. The van der Waals surface area contributed by atoms with Crippen molar-refractivity contribution in [3.8, 4) is 0 Å². The zero-order chi connectivity index (χ0) is 89.0. The van der Waals surface area contributed by atoms with Gasteiger partial charge in [-0.1, -0.05) is 109 Å². The van der Waals surface area contributed by atoms with Gasteiger partial charge in [-0.05, 0) is 112 Å². The summed E-state index contributed by atoms with van der Waals surface area (Å²) < 4.78 is 29.9. The highest BCUT2D eigenvalue weighted by molar-refractivity contribution is 6.05. The normalized spacial score (nSPS) is 11.0. The average molecular weight is 1590 g/mol. The second-order valence-electron chi connectivity index (χ2n) is 20.5. The number of amides is 4. The molecule has 1 aromatic carbocycles. The van der Waals surface area contributed by atoms with Gasteiger partial charge < -0.3 is 88.9 Å². The van der Waals surface area contributed by atoms with Crippen molar-refractivity contribution in [2.45, 2.75) is 79.6 Å². The molecule has 0 spiro atoms. The van der Waals surface area contributed by atoms with Gasteiger partial charge in [0.2, 0.25) is 24.1 Å². The molecule has 35 nitrogen and oxygen atoms in total. The number of hydrogen-bond acceptors (Lipinski definition) is 26. The molecule has 7 N–H and O–H groups in total. The Kier molecular flexibility index (Phi) is 92.6. The van der Waals surface area contributed by atoms with E-state index in [4.69, 9.17) is 30.3 Å². The van der Waals surface area contributed by atoms with Crippen LogP contribution in [0.3, 0.4) is 0 Å². The number of carboxylic acids is 5. The molecule has 3 aliphatic rings. The van der Waals surface area contributed by atoms with Gasteiger partial charge in [0.25, 0.3) is 0 Å². The number of carbonyl (C=O) groups excluding carboxylic acids is 12. The number of carboxylic acid groups (broad SMARTS) is 5. The van der Waals surface area contributed by atoms with E-state index in [-0.39, 0.29) is 42.2 Å². The van der Waals surface area contributed by atoms with E-state index in [9.17, 15) is 81.5 Å². The van der Waals surface area contributed by atoms with Crippen molar-refractivity contribution in [2.75, 3.05) is 95.5 Å². The lowest BCUT2D eigenvalue weighted by Gasteiger charge is -2.13. The summed E-state index contributed by atoms with van der Waals surface area (Å²) in [7, 11) is 11.7. The quantitative estimate of drug-likeness (QED) is 0.00971. The molecule has 0 unspecified atom stereocenters. The Bertz CT molecular complexity index is 3220. The third-order valence-corrected chi connectivity index (χ3v) is 10.4. The number of methoxy groups -OCH3 is 3. The van der Waals surface area contributed by atoms with Crippen LogP contribution in [0, 0.1) is 0 Å². The van der Waals surface area contributed by atoms with Gasteiger partial charge in [-0.2, -0.15) is 0 Å². The fourth-order valence-corrected chi connectivity index (χ4v) is 5.25. The Labute approximate surface area is 654 Å². The monoisotopic (exact) mass is 1580 g/mol. The molecule has 4 rings (SSSR count). The van der Waals surface area contributed by atoms with E-state index >= 15 is 0 Å². The second kappa shape index (κ2) is 86.6. The third kappa shape index (κ3) is 110. The van der Waals surface area contributed by atoms with E-state index in [1.165, 1.54) is 46.4 Å². The molecule has 1 aromatic rings. The number of ether oxygens (including phenoxy) is 7. The molecular formula is C77H112N6O29. The Balaban J connectivity index is -0.000000126. The van der Waals surface area contributed by atoms with Crippen LogP contribution >= 0.6 is 0 Å². The first-order valence-corrected chi connectivity index (χ1v) is 32.5. The molecule has 0 atom stereocenters. The maximum atomic E-state index is 11.1. The summed E-state index contributed by atoms with van der Waals surface area (Å²) in [6.07, 6.45) is 23.1. The van der Waals surface area contributed by atoms with Crippen LogP contribution < -0.4 is 10.6 Å². The van der Waals surface area contributed by atoms with E-state index in [2.05, 4.69) is 110 Å². The largest absolute Gasteiger partial charge is 0.478 e. The van der Waals surface area contributed by atoms with Gasteiger partial charge in [0.15, 0.2) is 0 Å². The van der Waals surface area contributed by atoms with Gasteiger partial charge in [-0.3, -0.25) is 24.0 Å². The first-order valence-electron chi connectivity index (χ1n) is 32.5. The molecule has 4 amide bonds. The molecule has 0 bridgehead atoms. The van der Waals surface area contributed by atoms with Crippen LogP contribution in [0.1, 0.15) is 85.1 Å². The van der Waals surface area contributed by atoms with Crippen LogP contribution in [0.15, 0.2) is 198 Å². The molecule has 3 aliphatic heterocycles. The molecule has 0 radical (unpaired) electrons. The van der Waals surface area contributed by atoms with Crippen molar-refractivity contribution in [1.82, 2.24) is 30.2 Å². The predicted octanol–water partition coefficient (Wildman–Crippen LogP) is 7.15. The number of cyclic esters (lactones) is 2. The number of hydrogen-bond donors (Lipinski definition) is 7. The molecule has 0 saturated carbocycles. The molecule has 2 saturated heterocycles. The number of rotatable bonds is 25. The van der Waals surface area contributed by atoms with Gasteiger partial charge in [0.1, 0.15) is 6.61 Å². The molecule has 35 heteroatoms. The predicted molar refractivity (Wildman–Crippen MR) is 418 cm³/mol. The van der Waals surface area contributed by atoms with Crippen LogP contribution in [0.5, 0.6) is 0 Å². The van der Waals surface area contributed by atoms with Crippen LogP contribution in [0.25, 0.3) is 6.08 Å².